The minimum atomic E-state index is 0.259. The third-order valence-electron chi connectivity index (χ3n) is 5.60. The number of anilines is 5. The number of para-hydroxylation sites is 2. The van der Waals surface area contributed by atoms with Crippen LogP contribution in [-0.2, 0) is 6.61 Å². The number of hydrazone groups is 1. The fourth-order valence-electron chi connectivity index (χ4n) is 3.66. The molecule has 0 atom stereocenters. The molecule has 0 unspecified atom stereocenters. The summed E-state index contributed by atoms with van der Waals surface area (Å²) in [5, 5.41) is 11.4. The van der Waals surface area contributed by atoms with Crippen LogP contribution in [0.3, 0.4) is 0 Å². The van der Waals surface area contributed by atoms with Crippen molar-refractivity contribution in [3.05, 3.63) is 119 Å². The van der Waals surface area contributed by atoms with Gasteiger partial charge in [-0.1, -0.05) is 66.2 Å². The van der Waals surface area contributed by atoms with Crippen LogP contribution in [0.5, 0.6) is 11.5 Å². The average molecular weight is 552 g/mol. The molecule has 0 saturated heterocycles. The van der Waals surface area contributed by atoms with Gasteiger partial charge >= 0.3 is 0 Å². The van der Waals surface area contributed by atoms with Crippen LogP contribution in [0, 0.1) is 0 Å². The topological polar surface area (TPSA) is 106 Å². The van der Waals surface area contributed by atoms with E-state index in [0.717, 1.165) is 22.5 Å². The lowest BCUT2D eigenvalue weighted by molar-refractivity contribution is 0.284. The zero-order valence-electron chi connectivity index (χ0n) is 21.6. The Hall–Kier alpha value is -5.15. The summed E-state index contributed by atoms with van der Waals surface area (Å²) in [7, 11) is 1.59. The number of halogens is 1. The van der Waals surface area contributed by atoms with Crippen LogP contribution >= 0.6 is 11.6 Å². The predicted molar refractivity (Wildman–Crippen MR) is 159 cm³/mol. The molecule has 5 rings (SSSR count). The number of hydrogen-bond donors (Lipinski definition) is 3. The first-order valence-electron chi connectivity index (χ1n) is 12.4. The second-order valence-corrected chi connectivity index (χ2v) is 8.86. The highest BCUT2D eigenvalue weighted by molar-refractivity contribution is 6.31. The van der Waals surface area contributed by atoms with Gasteiger partial charge in [0, 0.05) is 22.0 Å². The zero-order valence-corrected chi connectivity index (χ0v) is 22.3. The van der Waals surface area contributed by atoms with E-state index in [9.17, 15) is 0 Å². The van der Waals surface area contributed by atoms with E-state index in [4.69, 9.17) is 21.1 Å². The molecule has 0 radical (unpaired) electrons. The van der Waals surface area contributed by atoms with Crippen LogP contribution in [0.1, 0.15) is 11.1 Å². The Morgan fingerprint density at radius 3 is 1.95 bits per heavy atom. The number of methoxy groups -OCH3 is 1. The van der Waals surface area contributed by atoms with Crippen LogP contribution in [-0.4, -0.2) is 28.3 Å². The van der Waals surface area contributed by atoms with E-state index in [1.54, 1.807) is 13.3 Å². The molecule has 200 valence electrons. The lowest BCUT2D eigenvalue weighted by Gasteiger charge is -2.12. The van der Waals surface area contributed by atoms with E-state index >= 15 is 0 Å². The minimum Gasteiger partial charge on any atom is -0.493 e. The van der Waals surface area contributed by atoms with Crippen molar-refractivity contribution in [2.45, 2.75) is 6.61 Å². The molecule has 0 amide bonds. The van der Waals surface area contributed by atoms with Gasteiger partial charge in [0.2, 0.25) is 17.8 Å². The van der Waals surface area contributed by atoms with Gasteiger partial charge in [0.1, 0.15) is 6.61 Å². The van der Waals surface area contributed by atoms with Gasteiger partial charge in [-0.05, 0) is 54.1 Å². The summed E-state index contributed by atoms with van der Waals surface area (Å²) in [6.07, 6.45) is 1.64. The first-order valence-corrected chi connectivity index (χ1v) is 12.8. The molecule has 3 N–H and O–H groups in total. The van der Waals surface area contributed by atoms with Crippen molar-refractivity contribution >= 4 is 47.0 Å². The third kappa shape index (κ3) is 7.24. The summed E-state index contributed by atoms with van der Waals surface area (Å²) >= 11 is 6.24. The van der Waals surface area contributed by atoms with Crippen molar-refractivity contribution in [2.24, 2.45) is 5.10 Å². The Kier molecular flexibility index (Phi) is 8.65. The zero-order chi connectivity index (χ0) is 27.6. The maximum absolute atomic E-state index is 6.24. The fourth-order valence-corrected chi connectivity index (χ4v) is 3.85. The van der Waals surface area contributed by atoms with Gasteiger partial charge in [-0.2, -0.15) is 20.1 Å². The van der Waals surface area contributed by atoms with Crippen molar-refractivity contribution in [3.8, 4) is 11.5 Å². The highest BCUT2D eigenvalue weighted by Crippen LogP contribution is 2.29. The largest absolute Gasteiger partial charge is 0.493 e. The molecule has 0 bridgehead atoms. The molecule has 0 aliphatic carbocycles. The summed E-state index contributed by atoms with van der Waals surface area (Å²) in [6.45, 7) is 0.323. The smallest absolute Gasteiger partial charge is 0.250 e. The molecule has 1 aromatic heterocycles. The Labute approximate surface area is 236 Å². The maximum atomic E-state index is 6.24. The van der Waals surface area contributed by atoms with E-state index in [2.05, 4.69) is 36.1 Å². The maximum Gasteiger partial charge on any atom is 0.250 e. The number of aromatic nitrogens is 3. The molecule has 5 aromatic rings. The van der Waals surface area contributed by atoms with Crippen LogP contribution in [0.25, 0.3) is 0 Å². The van der Waals surface area contributed by atoms with Crippen LogP contribution in [0.4, 0.5) is 29.2 Å². The Morgan fingerprint density at radius 2 is 1.32 bits per heavy atom. The van der Waals surface area contributed by atoms with E-state index in [1.807, 2.05) is 103 Å². The number of benzene rings is 4. The summed E-state index contributed by atoms with van der Waals surface area (Å²) in [5.41, 5.74) is 6.26. The van der Waals surface area contributed by atoms with Crippen LogP contribution in [0.2, 0.25) is 5.02 Å². The average Bonchev–Trinajstić information content (AvgIpc) is 2.98. The second-order valence-electron chi connectivity index (χ2n) is 8.45. The van der Waals surface area contributed by atoms with E-state index in [0.29, 0.717) is 35.0 Å². The first-order chi connectivity index (χ1) is 19.7. The van der Waals surface area contributed by atoms with Gasteiger partial charge in [-0.15, -0.1) is 0 Å². The monoisotopic (exact) mass is 551 g/mol. The normalized spacial score (nSPS) is 10.8. The molecule has 0 spiro atoms. The lowest BCUT2D eigenvalue weighted by Crippen LogP contribution is -2.07. The standard InChI is InChI=1S/C30H26ClN7O2/c1-39-27-18-21(16-17-26(27)40-20-22-10-8-9-15-25(22)31)19-32-38-30-36-28(33-23-11-4-2-5-12-23)35-29(37-30)34-24-13-6-3-7-14-24/h2-19H,20H2,1H3,(H3,33,34,35,36,37,38)/b32-19+. The highest BCUT2D eigenvalue weighted by atomic mass is 35.5. The van der Waals surface area contributed by atoms with Gasteiger partial charge in [0.15, 0.2) is 11.5 Å². The predicted octanol–water partition coefficient (Wildman–Crippen LogP) is 7.05. The molecule has 9 nitrogen and oxygen atoms in total. The van der Waals surface area contributed by atoms with Gasteiger partial charge in [-0.25, -0.2) is 5.43 Å². The Morgan fingerprint density at radius 1 is 0.725 bits per heavy atom. The van der Waals surface area contributed by atoms with Gasteiger partial charge < -0.3 is 20.1 Å². The summed E-state index contributed by atoms with van der Waals surface area (Å²) in [4.78, 5) is 13.4. The van der Waals surface area contributed by atoms with Crippen LogP contribution in [0.15, 0.2) is 108 Å². The first kappa shape index (κ1) is 26.5. The van der Waals surface area contributed by atoms with Crippen molar-refractivity contribution in [1.82, 2.24) is 15.0 Å². The van der Waals surface area contributed by atoms with Crippen molar-refractivity contribution in [3.63, 3.8) is 0 Å². The number of ether oxygens (including phenoxy) is 2. The van der Waals surface area contributed by atoms with E-state index < -0.39 is 0 Å². The third-order valence-corrected chi connectivity index (χ3v) is 5.97. The summed E-state index contributed by atoms with van der Waals surface area (Å²) in [6, 6.07) is 32.4. The highest BCUT2D eigenvalue weighted by Gasteiger charge is 2.09. The van der Waals surface area contributed by atoms with Gasteiger partial charge in [0.25, 0.3) is 0 Å². The van der Waals surface area contributed by atoms with Crippen molar-refractivity contribution in [1.29, 1.82) is 0 Å². The summed E-state index contributed by atoms with van der Waals surface area (Å²) in [5.74, 6) is 2.14. The van der Waals surface area contributed by atoms with Gasteiger partial charge in [0.05, 0.1) is 13.3 Å². The molecular formula is C30H26ClN7O2. The van der Waals surface area contributed by atoms with Crippen molar-refractivity contribution < 1.29 is 9.47 Å². The lowest BCUT2D eigenvalue weighted by atomic mass is 10.2. The molecule has 1 heterocycles. The number of hydrogen-bond acceptors (Lipinski definition) is 9. The molecule has 0 fully saturated rings. The van der Waals surface area contributed by atoms with E-state index in [-0.39, 0.29) is 5.95 Å². The number of rotatable bonds is 11. The summed E-state index contributed by atoms with van der Waals surface area (Å²) < 4.78 is 11.5. The molecule has 0 saturated carbocycles. The quantitative estimate of drug-likeness (QED) is 0.118. The fraction of sp³-hybridized carbons (Fsp3) is 0.0667. The number of nitrogens with zero attached hydrogens (tertiary/aromatic N) is 4. The molecular weight excluding hydrogens is 526 g/mol. The molecule has 4 aromatic carbocycles. The molecule has 10 heteroatoms. The Bertz CT molecular complexity index is 1520. The Balaban J connectivity index is 1.30. The molecule has 0 aliphatic rings. The second kappa shape index (κ2) is 13.1. The van der Waals surface area contributed by atoms with Crippen LogP contribution < -0.4 is 25.5 Å². The van der Waals surface area contributed by atoms with Gasteiger partial charge in [-0.3, -0.25) is 0 Å². The number of nitrogens with one attached hydrogen (secondary N) is 3. The molecule has 40 heavy (non-hydrogen) atoms. The van der Waals surface area contributed by atoms with E-state index in [1.165, 1.54) is 0 Å². The molecule has 0 aliphatic heterocycles. The SMILES string of the molecule is COc1cc(/C=N/Nc2nc(Nc3ccccc3)nc(Nc3ccccc3)n2)ccc1OCc1ccccc1Cl. The van der Waals surface area contributed by atoms with Crippen molar-refractivity contribution in [2.75, 3.05) is 23.2 Å². The minimum absolute atomic E-state index is 0.259.